The zero-order valence-electron chi connectivity index (χ0n) is 9.06. The third-order valence-corrected chi connectivity index (χ3v) is 2.84. The van der Waals surface area contributed by atoms with E-state index < -0.39 is 0 Å². The highest BCUT2D eigenvalue weighted by atomic mass is 16.1. The average Bonchev–Trinajstić information content (AvgIpc) is 2.12. The molecule has 1 aliphatic carbocycles. The van der Waals surface area contributed by atoms with Gasteiger partial charge >= 0.3 is 0 Å². The third kappa shape index (κ3) is 3.09. The largest absolute Gasteiger partial charge is 0.300 e. The van der Waals surface area contributed by atoms with E-state index in [0.717, 1.165) is 31.3 Å². The minimum Gasteiger partial charge on any atom is -0.300 e. The Bertz CT molecular complexity index is 274. The van der Waals surface area contributed by atoms with Crippen molar-refractivity contribution in [2.75, 3.05) is 0 Å². The van der Waals surface area contributed by atoms with Gasteiger partial charge in [0.15, 0.2) is 5.78 Å². The van der Waals surface area contributed by atoms with Gasteiger partial charge in [0.25, 0.3) is 0 Å². The van der Waals surface area contributed by atoms with Crippen molar-refractivity contribution in [3.05, 3.63) is 11.1 Å². The van der Waals surface area contributed by atoms with Crippen LogP contribution in [0.25, 0.3) is 0 Å². The highest BCUT2D eigenvalue weighted by Crippen LogP contribution is 2.25. The third-order valence-electron chi connectivity index (χ3n) is 2.84. The molecule has 0 radical (unpaired) electrons. The van der Waals surface area contributed by atoms with E-state index in [1.807, 2.05) is 6.92 Å². The molecule has 0 aliphatic heterocycles. The fourth-order valence-electron chi connectivity index (χ4n) is 1.90. The summed E-state index contributed by atoms with van der Waals surface area (Å²) >= 11 is 0. The number of rotatable bonds is 4. The summed E-state index contributed by atoms with van der Waals surface area (Å²) in [6.07, 6.45) is 5.22. The van der Waals surface area contributed by atoms with E-state index in [0.29, 0.717) is 18.6 Å². The summed E-state index contributed by atoms with van der Waals surface area (Å²) in [6, 6.07) is 0. The predicted octanol–water partition coefficient (Wildman–Crippen LogP) is 2.82. The van der Waals surface area contributed by atoms with E-state index in [-0.39, 0.29) is 5.78 Å². The molecule has 0 fully saturated rings. The van der Waals surface area contributed by atoms with Gasteiger partial charge in [-0.3, -0.25) is 4.79 Å². The van der Waals surface area contributed by atoms with Gasteiger partial charge in [-0.2, -0.15) is 0 Å². The summed E-state index contributed by atoms with van der Waals surface area (Å²) in [5.74, 6) is 0.541. The molecule has 2 nitrogen and oxygen atoms in total. The maximum absolute atomic E-state index is 11.4. The van der Waals surface area contributed by atoms with Gasteiger partial charge < -0.3 is 4.79 Å². The lowest BCUT2D eigenvalue weighted by Gasteiger charge is -2.16. The van der Waals surface area contributed by atoms with Crippen LogP contribution in [-0.4, -0.2) is 11.6 Å². The van der Waals surface area contributed by atoms with Crippen molar-refractivity contribution < 1.29 is 9.59 Å². The predicted molar refractivity (Wildman–Crippen MR) is 56.1 cm³/mol. The molecular formula is C12H18O2. The number of ketones is 2. The molecule has 0 unspecified atom stereocenters. The summed E-state index contributed by atoms with van der Waals surface area (Å²) in [5, 5.41) is 0. The van der Waals surface area contributed by atoms with Crippen LogP contribution in [0.15, 0.2) is 11.1 Å². The first-order chi connectivity index (χ1) is 6.61. The van der Waals surface area contributed by atoms with Crippen LogP contribution in [-0.2, 0) is 9.59 Å². The standard InChI is InChI=1S/C12H18O2/c1-9(13)5-3-6-11-7-4-8-12(14)10(11)2/h3-8H2,1-2H3. The van der Waals surface area contributed by atoms with Crippen LogP contribution in [0.5, 0.6) is 0 Å². The van der Waals surface area contributed by atoms with Crippen LogP contribution in [0.4, 0.5) is 0 Å². The molecule has 0 saturated heterocycles. The molecule has 0 aromatic rings. The van der Waals surface area contributed by atoms with E-state index in [9.17, 15) is 9.59 Å². The van der Waals surface area contributed by atoms with E-state index in [1.54, 1.807) is 6.92 Å². The lowest BCUT2D eigenvalue weighted by atomic mass is 9.88. The van der Waals surface area contributed by atoms with Crippen molar-refractivity contribution >= 4 is 11.6 Å². The summed E-state index contributed by atoms with van der Waals surface area (Å²) in [4.78, 5) is 22.1. The second-order valence-electron chi connectivity index (χ2n) is 4.06. The van der Waals surface area contributed by atoms with Crippen LogP contribution < -0.4 is 0 Å². The molecule has 0 aromatic heterocycles. The lowest BCUT2D eigenvalue weighted by molar-refractivity contribution is -0.117. The Balaban J connectivity index is 2.46. The van der Waals surface area contributed by atoms with Gasteiger partial charge in [-0.1, -0.05) is 5.57 Å². The molecule has 1 aliphatic rings. The number of allylic oxidation sites excluding steroid dienone is 2. The van der Waals surface area contributed by atoms with Crippen molar-refractivity contribution in [2.24, 2.45) is 0 Å². The minimum absolute atomic E-state index is 0.241. The SMILES string of the molecule is CC(=O)CCCC1=C(C)C(=O)CCC1. The second kappa shape index (κ2) is 5.08. The number of carbonyl (C=O) groups excluding carboxylic acids is 2. The van der Waals surface area contributed by atoms with Gasteiger partial charge in [-0.15, -0.1) is 0 Å². The molecule has 78 valence electrons. The van der Waals surface area contributed by atoms with Crippen LogP contribution in [0, 0.1) is 0 Å². The molecule has 0 amide bonds. The Kier molecular flexibility index (Phi) is 4.05. The van der Waals surface area contributed by atoms with Gasteiger partial charge in [0.1, 0.15) is 5.78 Å². The molecule has 2 heteroatoms. The Labute approximate surface area is 85.4 Å². The normalized spacial score (nSPS) is 17.4. The second-order valence-corrected chi connectivity index (χ2v) is 4.06. The average molecular weight is 194 g/mol. The first-order valence-corrected chi connectivity index (χ1v) is 5.32. The van der Waals surface area contributed by atoms with Gasteiger partial charge in [-0.05, 0) is 45.1 Å². The van der Waals surface area contributed by atoms with Gasteiger partial charge in [0.05, 0.1) is 0 Å². The molecule has 0 saturated carbocycles. The maximum atomic E-state index is 11.4. The van der Waals surface area contributed by atoms with Gasteiger partial charge in [-0.25, -0.2) is 0 Å². The quantitative estimate of drug-likeness (QED) is 0.689. The highest BCUT2D eigenvalue weighted by Gasteiger charge is 2.15. The Morgan fingerprint density at radius 3 is 2.71 bits per heavy atom. The Hall–Kier alpha value is -0.920. The molecule has 1 rings (SSSR count). The molecule has 0 atom stereocenters. The van der Waals surface area contributed by atoms with Crippen molar-refractivity contribution in [2.45, 2.75) is 52.4 Å². The lowest BCUT2D eigenvalue weighted by Crippen LogP contribution is -2.09. The van der Waals surface area contributed by atoms with Crippen molar-refractivity contribution in [3.8, 4) is 0 Å². The highest BCUT2D eigenvalue weighted by molar-refractivity contribution is 5.96. The summed E-state index contributed by atoms with van der Waals surface area (Å²) < 4.78 is 0. The molecule has 0 spiro atoms. The number of carbonyl (C=O) groups is 2. The monoisotopic (exact) mass is 194 g/mol. The van der Waals surface area contributed by atoms with E-state index in [1.165, 1.54) is 5.57 Å². The van der Waals surface area contributed by atoms with Crippen LogP contribution >= 0.6 is 0 Å². The Morgan fingerprint density at radius 2 is 2.07 bits per heavy atom. The minimum atomic E-state index is 0.241. The van der Waals surface area contributed by atoms with Gasteiger partial charge in [0, 0.05) is 12.8 Å². The van der Waals surface area contributed by atoms with Crippen LogP contribution in [0.2, 0.25) is 0 Å². The van der Waals surface area contributed by atoms with Crippen LogP contribution in [0.3, 0.4) is 0 Å². The molecule has 0 N–H and O–H groups in total. The molecule has 0 bridgehead atoms. The van der Waals surface area contributed by atoms with E-state index >= 15 is 0 Å². The zero-order valence-corrected chi connectivity index (χ0v) is 9.06. The molecule has 14 heavy (non-hydrogen) atoms. The summed E-state index contributed by atoms with van der Waals surface area (Å²) in [5.41, 5.74) is 2.24. The first-order valence-electron chi connectivity index (χ1n) is 5.32. The molecule has 0 heterocycles. The fourth-order valence-corrected chi connectivity index (χ4v) is 1.90. The number of hydrogen-bond acceptors (Lipinski definition) is 2. The van der Waals surface area contributed by atoms with Gasteiger partial charge in [0.2, 0.25) is 0 Å². The van der Waals surface area contributed by atoms with Crippen molar-refractivity contribution in [1.82, 2.24) is 0 Å². The van der Waals surface area contributed by atoms with Crippen LogP contribution in [0.1, 0.15) is 52.4 Å². The Morgan fingerprint density at radius 1 is 1.36 bits per heavy atom. The summed E-state index contributed by atoms with van der Waals surface area (Å²) in [7, 11) is 0. The first kappa shape index (κ1) is 11.2. The number of hydrogen-bond donors (Lipinski definition) is 0. The van der Waals surface area contributed by atoms with E-state index in [4.69, 9.17) is 0 Å². The molecular weight excluding hydrogens is 176 g/mol. The smallest absolute Gasteiger partial charge is 0.158 e. The molecule has 0 aromatic carbocycles. The van der Waals surface area contributed by atoms with Crippen molar-refractivity contribution in [3.63, 3.8) is 0 Å². The van der Waals surface area contributed by atoms with E-state index in [2.05, 4.69) is 0 Å². The van der Waals surface area contributed by atoms with Crippen molar-refractivity contribution in [1.29, 1.82) is 0 Å². The number of Topliss-reactive ketones (excluding diaryl/α,β-unsaturated/α-hetero) is 2. The summed E-state index contributed by atoms with van der Waals surface area (Å²) in [6.45, 7) is 3.54. The zero-order chi connectivity index (χ0) is 10.6. The fraction of sp³-hybridized carbons (Fsp3) is 0.667. The topological polar surface area (TPSA) is 34.1 Å². The maximum Gasteiger partial charge on any atom is 0.158 e.